The third-order valence-corrected chi connectivity index (χ3v) is 15.1. The standard InChI is InChI=1S/C22H21N5O3.C21H28N6O3.C19H23N5O3/c1-12-10-17-18(11-13(12)2)27(20-19(26-17)21(28)25-14(3)24-20)9-8-23-16-7-5-4-6-15(16)22(29)30;1-12-10-16-17(11-13(12)2)27(19-18(26-16)20(28)25-14(3)24-19)9-8-23-7-5-4-6-15(22)21(29)30;1-11-9-14-15(10-12(11)2)24(8-7-23(4)6-5-13(3)25)17-16(20-14)18(26)22-19(27)21-17/h4-7,10-11,23H,3,8-9H2,1-2H3,(H,25,28)(H,29,30);10-11,15,23H,3-9,22H2,1-2H3,(H,25,28)(H,29,30);9-10H,5-8H2,1-4H3,(H,22,26,27)/t;15-;/m.0./s1. The number of unbranched alkanes of at least 4 members (excludes halogenated alkanes) is 1. The molecular weight excluding hydrogens is 1110 g/mol. The Balaban J connectivity index is 0.000000170. The van der Waals surface area contributed by atoms with E-state index in [1.807, 2.05) is 98.2 Å². The van der Waals surface area contributed by atoms with Crippen LogP contribution >= 0.6 is 0 Å². The molecule has 2 aromatic heterocycles. The van der Waals surface area contributed by atoms with Crippen LogP contribution in [0.2, 0.25) is 0 Å². The number of carbonyl (C=O) groups is 3. The molecule has 4 aromatic carbocycles. The summed E-state index contributed by atoms with van der Waals surface area (Å²) in [4.78, 5) is 122. The van der Waals surface area contributed by atoms with E-state index < -0.39 is 29.2 Å². The molecular formula is C62H72N16O9. The smallest absolute Gasteiger partial charge is 0.349 e. The number of nitrogens with one attached hydrogen (secondary N) is 5. The minimum absolute atomic E-state index is 0.143. The largest absolute Gasteiger partial charge is 0.480 e. The summed E-state index contributed by atoms with van der Waals surface area (Å²) in [7, 11) is 1.93. The number of anilines is 5. The van der Waals surface area contributed by atoms with Gasteiger partial charge in [-0.2, -0.15) is 4.98 Å². The molecule has 9 N–H and O–H groups in total. The highest BCUT2D eigenvalue weighted by molar-refractivity contribution is 5.94. The Morgan fingerprint density at radius 1 is 0.667 bits per heavy atom. The maximum Gasteiger partial charge on any atom is 0.349 e. The number of nitrogens with two attached hydrogens (primary N) is 1. The van der Waals surface area contributed by atoms with Gasteiger partial charge in [-0.1, -0.05) is 31.7 Å². The molecule has 1 atom stereocenters. The number of aromatic amines is 3. The number of aromatic carboxylic acids is 1. The average molecular weight is 1190 g/mol. The summed E-state index contributed by atoms with van der Waals surface area (Å²) in [6.45, 7) is 25.9. The van der Waals surface area contributed by atoms with Gasteiger partial charge in [0.15, 0.2) is 33.9 Å². The lowest BCUT2D eigenvalue weighted by atomic mass is 10.1. The second kappa shape index (κ2) is 27.5. The van der Waals surface area contributed by atoms with Crippen LogP contribution < -0.4 is 70.2 Å². The maximum atomic E-state index is 12.5. The highest BCUT2D eigenvalue weighted by Crippen LogP contribution is 2.38. The first-order valence-corrected chi connectivity index (χ1v) is 28.4. The quantitative estimate of drug-likeness (QED) is 0.0400. The lowest BCUT2D eigenvalue weighted by Gasteiger charge is -2.29. The summed E-state index contributed by atoms with van der Waals surface area (Å²) in [6, 6.07) is 17.9. The molecule has 0 aliphatic carbocycles. The molecule has 25 nitrogen and oxygen atoms in total. The van der Waals surface area contributed by atoms with E-state index in [0.717, 1.165) is 75.3 Å². The summed E-state index contributed by atoms with van der Waals surface area (Å²) in [5.41, 5.74) is 16.4. The number of Topliss-reactive ketones (excluding diaryl/α,β-unsaturated/α-hetero) is 1. The van der Waals surface area contributed by atoms with Gasteiger partial charge in [-0.15, -0.1) is 0 Å². The molecule has 0 bridgehead atoms. The Bertz CT molecular complexity index is 4420. The zero-order valence-corrected chi connectivity index (χ0v) is 50.1. The van der Waals surface area contributed by atoms with Crippen LogP contribution in [0.25, 0.3) is 35.7 Å². The summed E-state index contributed by atoms with van der Waals surface area (Å²) in [6.07, 6.45) is 2.53. The molecule has 4 aliphatic heterocycles. The van der Waals surface area contributed by atoms with Crippen molar-refractivity contribution in [1.29, 1.82) is 0 Å². The summed E-state index contributed by atoms with van der Waals surface area (Å²) >= 11 is 0. The van der Waals surface area contributed by atoms with E-state index in [4.69, 9.17) is 10.8 Å². The number of nitrogens with zero attached hydrogens (tertiary/aromatic N) is 10. The lowest BCUT2D eigenvalue weighted by molar-refractivity contribution is -0.138. The van der Waals surface area contributed by atoms with Crippen LogP contribution in [-0.2, 0) is 16.1 Å². The first-order valence-electron chi connectivity index (χ1n) is 28.4. The minimum atomic E-state index is -0.994. The van der Waals surface area contributed by atoms with Gasteiger partial charge in [0, 0.05) is 57.9 Å². The van der Waals surface area contributed by atoms with E-state index in [1.165, 1.54) is 0 Å². The molecule has 6 aromatic rings. The third-order valence-electron chi connectivity index (χ3n) is 15.1. The molecule has 4 aliphatic rings. The van der Waals surface area contributed by atoms with Crippen LogP contribution in [0, 0.1) is 41.5 Å². The molecule has 0 fully saturated rings. The number of hydrogen-bond donors (Lipinski definition) is 8. The Hall–Kier alpha value is -9.85. The number of carboxylic acids is 2. The lowest BCUT2D eigenvalue weighted by Crippen LogP contribution is -2.44. The molecule has 87 heavy (non-hydrogen) atoms. The number of fused-ring (bicyclic) bond motifs is 6. The fraction of sp³-hybridized carbons (Fsp3) is 0.339. The number of carbonyl (C=O) groups excluding carboxylic acids is 1. The number of likely N-dealkylation sites (N-methyl/N-ethyl adjacent to an activating group) is 1. The van der Waals surface area contributed by atoms with E-state index in [-0.39, 0.29) is 44.8 Å². The average Bonchev–Trinajstić information content (AvgIpc) is 1.26. The maximum absolute atomic E-state index is 12.5. The number of rotatable bonds is 20. The van der Waals surface area contributed by atoms with Crippen molar-refractivity contribution >= 4 is 82.0 Å². The van der Waals surface area contributed by atoms with Crippen molar-refractivity contribution in [2.75, 3.05) is 68.0 Å². The highest BCUT2D eigenvalue weighted by atomic mass is 16.4. The highest BCUT2D eigenvalue weighted by Gasteiger charge is 2.26. The molecule has 10 rings (SSSR count). The summed E-state index contributed by atoms with van der Waals surface area (Å²) < 4.78 is 1.87. The van der Waals surface area contributed by atoms with Crippen molar-refractivity contribution < 1.29 is 24.6 Å². The number of para-hydroxylation sites is 1. The number of aryl methyl sites for hydroxylation is 6. The number of aliphatic carboxylic acids is 1. The van der Waals surface area contributed by atoms with Crippen molar-refractivity contribution in [3.63, 3.8) is 0 Å². The van der Waals surface area contributed by atoms with Gasteiger partial charge in [-0.05, 0) is 157 Å². The molecule has 0 radical (unpaired) electrons. The van der Waals surface area contributed by atoms with Crippen molar-refractivity contribution in [2.45, 2.75) is 86.7 Å². The first kappa shape index (κ1) is 63.2. The SMILES string of the molecule is C=c1nc2c(c(=O)[nH]1)=Nc1cc(C)c(C)cc1N2CCNCCCC[C@H](N)C(=O)O.C=c1nc2c(c(=O)[nH]1)=Nc1cc(C)c(C)cc1N2CCNc1ccccc1C(=O)O.CC(=O)CCN(C)CCn1c2nc(=O)[nH]c(=O)c-2nc2cc(C)c(C)cc21. The predicted molar refractivity (Wildman–Crippen MR) is 335 cm³/mol. The topological polar surface area (TPSA) is 348 Å². The fourth-order valence-corrected chi connectivity index (χ4v) is 9.87. The van der Waals surface area contributed by atoms with Gasteiger partial charge in [0.25, 0.3) is 16.7 Å². The van der Waals surface area contributed by atoms with Crippen LogP contribution in [0.15, 0.2) is 89.8 Å². The number of H-pyrrole nitrogens is 3. The molecule has 0 amide bonds. The van der Waals surface area contributed by atoms with Crippen LogP contribution in [-0.4, -0.2) is 131 Å². The Morgan fingerprint density at radius 3 is 1.79 bits per heavy atom. The zero-order chi connectivity index (χ0) is 63.0. The van der Waals surface area contributed by atoms with Gasteiger partial charge in [0.05, 0.1) is 39.3 Å². The Morgan fingerprint density at radius 2 is 1.22 bits per heavy atom. The van der Waals surface area contributed by atoms with Crippen LogP contribution in [0.1, 0.15) is 76.3 Å². The van der Waals surface area contributed by atoms with Gasteiger partial charge in [-0.25, -0.2) is 34.5 Å². The van der Waals surface area contributed by atoms with Crippen molar-refractivity contribution in [3.8, 4) is 11.5 Å². The monoisotopic (exact) mass is 1180 g/mol. The van der Waals surface area contributed by atoms with E-state index >= 15 is 0 Å². The van der Waals surface area contributed by atoms with Crippen LogP contribution in [0.5, 0.6) is 0 Å². The van der Waals surface area contributed by atoms with E-state index in [9.17, 15) is 38.7 Å². The van der Waals surface area contributed by atoms with Gasteiger partial charge >= 0.3 is 17.6 Å². The number of aromatic nitrogens is 8. The van der Waals surface area contributed by atoms with Crippen molar-refractivity contribution in [2.24, 2.45) is 15.7 Å². The zero-order valence-electron chi connectivity index (χ0n) is 50.1. The van der Waals surface area contributed by atoms with E-state index in [0.29, 0.717) is 98.0 Å². The molecule has 0 saturated carbocycles. The summed E-state index contributed by atoms with van der Waals surface area (Å²) in [5, 5.41) is 25.3. The van der Waals surface area contributed by atoms with Gasteiger partial charge in [-0.3, -0.25) is 29.0 Å². The second-order valence-electron chi connectivity index (χ2n) is 21.7. The van der Waals surface area contributed by atoms with E-state index in [2.05, 4.69) is 74.7 Å². The number of ketones is 1. The van der Waals surface area contributed by atoms with Gasteiger partial charge in [0.2, 0.25) is 0 Å². The van der Waals surface area contributed by atoms with E-state index in [1.54, 1.807) is 31.2 Å². The predicted octanol–water partition coefficient (Wildman–Crippen LogP) is 3.49. The number of carboxylic acid groups (broad SMARTS) is 2. The number of benzene rings is 4. The van der Waals surface area contributed by atoms with Crippen LogP contribution in [0.3, 0.4) is 0 Å². The molecule has 0 unspecified atom stereocenters. The van der Waals surface area contributed by atoms with Crippen molar-refractivity contribution in [3.05, 3.63) is 163 Å². The fourth-order valence-electron chi connectivity index (χ4n) is 9.87. The molecule has 454 valence electrons. The molecule has 0 saturated heterocycles. The number of hydrogen-bond acceptors (Lipinski definition) is 19. The third kappa shape index (κ3) is 15.0. The van der Waals surface area contributed by atoms with Crippen molar-refractivity contribution in [1.82, 2.24) is 49.7 Å². The van der Waals surface area contributed by atoms with Gasteiger partial charge in [0.1, 0.15) is 22.8 Å². The van der Waals surface area contributed by atoms with Crippen LogP contribution in [0.4, 0.5) is 40.1 Å². The minimum Gasteiger partial charge on any atom is -0.480 e. The molecule has 0 spiro atoms. The second-order valence-corrected chi connectivity index (χ2v) is 21.7. The normalized spacial score (nSPS) is 12.3. The molecule has 25 heteroatoms. The molecule has 6 heterocycles. The Labute approximate surface area is 499 Å². The summed E-state index contributed by atoms with van der Waals surface area (Å²) in [5.74, 6) is -0.592. The first-order chi connectivity index (χ1) is 41.4. The van der Waals surface area contributed by atoms with Gasteiger partial charge < -0.3 is 55.8 Å². The Kier molecular flexibility index (Phi) is 19.9.